The Balaban J connectivity index is 1.71. The van der Waals surface area contributed by atoms with Crippen molar-refractivity contribution in [1.82, 2.24) is 4.90 Å². The quantitative estimate of drug-likeness (QED) is 0.441. The summed E-state index contributed by atoms with van der Waals surface area (Å²) in [4.78, 5) is 28.9. The van der Waals surface area contributed by atoms with Crippen molar-refractivity contribution in [3.63, 3.8) is 0 Å². The first kappa shape index (κ1) is 19.1. The van der Waals surface area contributed by atoms with E-state index in [-0.39, 0.29) is 23.4 Å². The van der Waals surface area contributed by atoms with E-state index in [1.165, 1.54) is 0 Å². The van der Waals surface area contributed by atoms with Crippen LogP contribution < -0.4 is 5.63 Å². The molecule has 0 spiro atoms. The second kappa shape index (κ2) is 7.49. The van der Waals surface area contributed by atoms with Gasteiger partial charge >= 0.3 is 5.63 Å². The second-order valence-electron chi connectivity index (χ2n) is 8.66. The molecule has 2 heterocycles. The molecule has 1 amide bonds. The van der Waals surface area contributed by atoms with Crippen LogP contribution in [0, 0.1) is 0 Å². The molecule has 0 bridgehead atoms. The fraction of sp³-hybridized carbons (Fsp3) is 0.214. The predicted molar refractivity (Wildman–Crippen MR) is 125 cm³/mol. The Morgan fingerprint density at radius 3 is 2.25 bits per heavy atom. The Morgan fingerprint density at radius 2 is 1.47 bits per heavy atom. The van der Waals surface area contributed by atoms with Gasteiger partial charge in [-0.05, 0) is 35.4 Å². The second-order valence-corrected chi connectivity index (χ2v) is 8.66. The van der Waals surface area contributed by atoms with Crippen molar-refractivity contribution in [3.8, 4) is 11.3 Å². The van der Waals surface area contributed by atoms with Gasteiger partial charge in [0.2, 0.25) is 5.91 Å². The van der Waals surface area contributed by atoms with Gasteiger partial charge in [0.05, 0.1) is 11.3 Å². The van der Waals surface area contributed by atoms with Crippen molar-refractivity contribution in [1.29, 1.82) is 0 Å². The van der Waals surface area contributed by atoms with E-state index < -0.39 is 0 Å². The Hall–Kier alpha value is -3.66. The predicted octanol–water partition coefficient (Wildman–Crippen LogP) is 5.31. The monoisotopic (exact) mass is 421 g/mol. The first-order valence-electron chi connectivity index (χ1n) is 11.2. The van der Waals surface area contributed by atoms with Gasteiger partial charge in [-0.3, -0.25) is 4.79 Å². The minimum atomic E-state index is -0.365. The molecule has 6 rings (SSSR count). The third kappa shape index (κ3) is 2.83. The van der Waals surface area contributed by atoms with Crippen molar-refractivity contribution in [3.05, 3.63) is 106 Å². The normalized spacial score (nSPS) is 19.6. The number of benzene rings is 3. The minimum Gasteiger partial charge on any atom is -0.422 e. The summed E-state index contributed by atoms with van der Waals surface area (Å²) >= 11 is 0. The van der Waals surface area contributed by atoms with Crippen molar-refractivity contribution in [2.24, 2.45) is 0 Å². The molecule has 1 aromatic heterocycles. The third-order valence-corrected chi connectivity index (χ3v) is 6.90. The summed E-state index contributed by atoms with van der Waals surface area (Å²) < 4.78 is 5.96. The van der Waals surface area contributed by atoms with Gasteiger partial charge in [0, 0.05) is 30.1 Å². The lowest BCUT2D eigenvalue weighted by Crippen LogP contribution is -2.37. The van der Waals surface area contributed by atoms with Crippen LogP contribution in [0.2, 0.25) is 0 Å². The number of carbonyl (C=O) groups is 1. The van der Waals surface area contributed by atoms with Crippen LogP contribution in [-0.4, -0.2) is 23.9 Å². The maximum atomic E-state index is 14.0. The number of carbonyl (C=O) groups excluding carboxylic acids is 1. The van der Waals surface area contributed by atoms with Crippen molar-refractivity contribution in [2.75, 3.05) is 13.1 Å². The van der Waals surface area contributed by atoms with E-state index in [9.17, 15) is 9.59 Å². The lowest BCUT2D eigenvalue weighted by atomic mass is 9.69. The van der Waals surface area contributed by atoms with Gasteiger partial charge in [0.25, 0.3) is 0 Å². The Bertz CT molecular complexity index is 1380. The highest BCUT2D eigenvalue weighted by Crippen LogP contribution is 2.52. The molecule has 2 unspecified atom stereocenters. The summed E-state index contributed by atoms with van der Waals surface area (Å²) in [6.07, 6.45) is 2.09. The summed E-state index contributed by atoms with van der Waals surface area (Å²) in [7, 11) is 0. The topological polar surface area (TPSA) is 50.5 Å². The van der Waals surface area contributed by atoms with E-state index >= 15 is 0 Å². The average Bonchev–Trinajstić information content (AvgIpc) is 3.39. The van der Waals surface area contributed by atoms with Crippen LogP contribution in [0.25, 0.3) is 22.1 Å². The number of amides is 1. The molecular formula is C28H23NO3. The number of hydrogen-bond donors (Lipinski definition) is 0. The fourth-order valence-corrected chi connectivity index (χ4v) is 5.48. The van der Waals surface area contributed by atoms with Gasteiger partial charge < -0.3 is 9.32 Å². The van der Waals surface area contributed by atoms with Crippen LogP contribution in [0.4, 0.5) is 0 Å². The smallest absolute Gasteiger partial charge is 0.344 e. The molecule has 0 saturated carbocycles. The number of likely N-dealkylation sites (tertiary alicyclic amines) is 1. The van der Waals surface area contributed by atoms with Gasteiger partial charge in [0.15, 0.2) is 0 Å². The van der Waals surface area contributed by atoms with Gasteiger partial charge in [-0.15, -0.1) is 0 Å². The number of rotatable bonds is 2. The SMILES string of the molecule is O=C(C1c2ccccc2-c2oc(=O)c3ccccc3c2C1c1ccccc1)N1CCCC1. The van der Waals surface area contributed by atoms with Gasteiger partial charge in [0.1, 0.15) is 5.76 Å². The summed E-state index contributed by atoms with van der Waals surface area (Å²) in [6.45, 7) is 1.60. The largest absolute Gasteiger partial charge is 0.422 e. The lowest BCUT2D eigenvalue weighted by molar-refractivity contribution is -0.132. The molecule has 4 nitrogen and oxygen atoms in total. The number of nitrogens with zero attached hydrogens (tertiary/aromatic N) is 1. The molecule has 1 aliphatic carbocycles. The van der Waals surface area contributed by atoms with E-state index in [4.69, 9.17) is 4.42 Å². The third-order valence-electron chi connectivity index (χ3n) is 6.90. The molecule has 0 radical (unpaired) electrons. The zero-order valence-corrected chi connectivity index (χ0v) is 17.7. The molecular weight excluding hydrogens is 398 g/mol. The Morgan fingerprint density at radius 1 is 0.812 bits per heavy atom. The van der Waals surface area contributed by atoms with E-state index in [2.05, 4.69) is 12.1 Å². The van der Waals surface area contributed by atoms with Gasteiger partial charge in [-0.2, -0.15) is 0 Å². The van der Waals surface area contributed by atoms with Crippen LogP contribution in [0.3, 0.4) is 0 Å². The molecule has 1 aliphatic heterocycles. The minimum absolute atomic E-state index is 0.157. The highest BCUT2D eigenvalue weighted by Gasteiger charge is 2.43. The maximum Gasteiger partial charge on any atom is 0.344 e. The molecule has 32 heavy (non-hydrogen) atoms. The fourth-order valence-electron chi connectivity index (χ4n) is 5.48. The molecule has 0 N–H and O–H groups in total. The van der Waals surface area contributed by atoms with Crippen LogP contribution in [0.1, 0.15) is 41.4 Å². The van der Waals surface area contributed by atoms with E-state index in [0.29, 0.717) is 11.1 Å². The Kier molecular flexibility index (Phi) is 4.46. The molecule has 1 saturated heterocycles. The van der Waals surface area contributed by atoms with Crippen LogP contribution in [-0.2, 0) is 4.79 Å². The molecule has 158 valence electrons. The standard InChI is InChI=1S/C28H23NO3/c30-27(29-16-8-9-17-29)25-19-12-4-6-14-21(19)26-24(23(25)18-10-2-1-3-11-18)20-13-5-7-15-22(20)28(31)32-26/h1-7,10-15,23,25H,8-9,16-17H2. The molecule has 2 atom stereocenters. The van der Waals surface area contributed by atoms with Crippen LogP contribution in [0.5, 0.6) is 0 Å². The summed E-state index contributed by atoms with van der Waals surface area (Å²) in [5, 5.41) is 1.42. The van der Waals surface area contributed by atoms with Crippen molar-refractivity contribution >= 4 is 16.7 Å². The van der Waals surface area contributed by atoms with Gasteiger partial charge in [-0.25, -0.2) is 4.79 Å². The zero-order chi connectivity index (χ0) is 21.7. The highest BCUT2D eigenvalue weighted by atomic mass is 16.4. The summed E-state index contributed by atoms with van der Waals surface area (Å²) in [5.74, 6) is 0.145. The van der Waals surface area contributed by atoms with E-state index in [1.807, 2.05) is 65.6 Å². The molecule has 2 aliphatic rings. The maximum absolute atomic E-state index is 14.0. The molecule has 3 aromatic carbocycles. The van der Waals surface area contributed by atoms with E-state index in [0.717, 1.165) is 53.6 Å². The van der Waals surface area contributed by atoms with Crippen LogP contribution in [0.15, 0.2) is 88.1 Å². The average molecular weight is 421 g/mol. The first-order chi connectivity index (χ1) is 15.7. The summed E-state index contributed by atoms with van der Waals surface area (Å²) in [6, 6.07) is 25.6. The van der Waals surface area contributed by atoms with Crippen molar-refractivity contribution < 1.29 is 9.21 Å². The number of hydrogen-bond acceptors (Lipinski definition) is 3. The first-order valence-corrected chi connectivity index (χ1v) is 11.2. The molecule has 1 fully saturated rings. The molecule has 4 aromatic rings. The van der Waals surface area contributed by atoms with Crippen molar-refractivity contribution in [2.45, 2.75) is 24.7 Å². The highest BCUT2D eigenvalue weighted by molar-refractivity contribution is 5.97. The Labute approximate surface area is 186 Å². The summed E-state index contributed by atoms with van der Waals surface area (Å²) in [5.41, 5.74) is 3.42. The molecule has 4 heteroatoms. The van der Waals surface area contributed by atoms with E-state index in [1.54, 1.807) is 6.07 Å². The zero-order valence-electron chi connectivity index (χ0n) is 17.7. The lowest BCUT2D eigenvalue weighted by Gasteiger charge is -2.36. The van der Waals surface area contributed by atoms with Crippen LogP contribution >= 0.6 is 0 Å². The number of fused-ring (bicyclic) bond motifs is 5. The van der Waals surface area contributed by atoms with Gasteiger partial charge in [-0.1, -0.05) is 72.8 Å².